The predicted molar refractivity (Wildman–Crippen MR) is 108 cm³/mol. The molecule has 0 unspecified atom stereocenters. The SMILES string of the molecule is Cc1cc(C)c(C)c(S[C@H](C(=O)N2CCC[C@@H](C(N)=O)C2)C(C)C)c1C. The average Bonchev–Trinajstić information content (AvgIpc) is 2.59. The Kier molecular flexibility index (Phi) is 6.78. The summed E-state index contributed by atoms with van der Waals surface area (Å²) in [7, 11) is 0. The minimum absolute atomic E-state index is 0.133. The molecule has 2 atom stereocenters. The highest BCUT2D eigenvalue weighted by Gasteiger charge is 2.33. The van der Waals surface area contributed by atoms with E-state index < -0.39 is 0 Å². The molecule has 2 amide bonds. The summed E-state index contributed by atoms with van der Waals surface area (Å²) in [6.07, 6.45) is 1.63. The number of likely N-dealkylation sites (tertiary alicyclic amines) is 1. The van der Waals surface area contributed by atoms with Gasteiger partial charge in [-0.25, -0.2) is 0 Å². The maximum Gasteiger partial charge on any atom is 0.236 e. The van der Waals surface area contributed by atoms with Crippen molar-refractivity contribution in [1.29, 1.82) is 0 Å². The first-order valence-electron chi connectivity index (χ1n) is 9.45. The van der Waals surface area contributed by atoms with E-state index in [1.165, 1.54) is 27.1 Å². The third-order valence-corrected chi connectivity index (χ3v) is 7.37. The Hall–Kier alpha value is -1.49. The van der Waals surface area contributed by atoms with E-state index in [1.54, 1.807) is 11.8 Å². The summed E-state index contributed by atoms with van der Waals surface area (Å²) >= 11 is 1.68. The van der Waals surface area contributed by atoms with Crippen LogP contribution in [0.4, 0.5) is 0 Å². The number of thioether (sulfide) groups is 1. The quantitative estimate of drug-likeness (QED) is 0.796. The van der Waals surface area contributed by atoms with Crippen molar-refractivity contribution in [2.45, 2.75) is 64.5 Å². The Morgan fingerprint density at radius 1 is 1.15 bits per heavy atom. The van der Waals surface area contributed by atoms with Crippen LogP contribution >= 0.6 is 11.8 Å². The maximum atomic E-state index is 13.3. The molecule has 0 spiro atoms. The van der Waals surface area contributed by atoms with E-state index in [0.29, 0.717) is 6.54 Å². The highest BCUT2D eigenvalue weighted by molar-refractivity contribution is 8.00. The van der Waals surface area contributed by atoms with Gasteiger partial charge in [0.15, 0.2) is 0 Å². The van der Waals surface area contributed by atoms with Crippen LogP contribution in [0.3, 0.4) is 0 Å². The van der Waals surface area contributed by atoms with Gasteiger partial charge < -0.3 is 10.6 Å². The maximum absolute atomic E-state index is 13.3. The molecule has 1 aliphatic rings. The van der Waals surface area contributed by atoms with Crippen LogP contribution in [-0.4, -0.2) is 35.1 Å². The van der Waals surface area contributed by atoms with Gasteiger partial charge in [-0.05, 0) is 68.7 Å². The van der Waals surface area contributed by atoms with Gasteiger partial charge in [-0.1, -0.05) is 19.9 Å². The molecule has 2 rings (SSSR count). The Morgan fingerprint density at radius 2 is 1.73 bits per heavy atom. The number of piperidine rings is 1. The molecule has 1 aromatic carbocycles. The molecule has 26 heavy (non-hydrogen) atoms. The molecule has 5 heteroatoms. The monoisotopic (exact) mass is 376 g/mol. The smallest absolute Gasteiger partial charge is 0.236 e. The normalized spacial score (nSPS) is 18.9. The molecule has 144 valence electrons. The third kappa shape index (κ3) is 4.43. The van der Waals surface area contributed by atoms with Crippen LogP contribution < -0.4 is 5.73 Å². The van der Waals surface area contributed by atoms with E-state index in [-0.39, 0.29) is 28.9 Å². The van der Waals surface area contributed by atoms with Crippen molar-refractivity contribution in [3.05, 3.63) is 28.3 Å². The highest BCUT2D eigenvalue weighted by Crippen LogP contribution is 2.37. The van der Waals surface area contributed by atoms with Gasteiger partial charge in [0.05, 0.1) is 11.2 Å². The molecular weight excluding hydrogens is 344 g/mol. The van der Waals surface area contributed by atoms with Gasteiger partial charge in [-0.15, -0.1) is 11.8 Å². The lowest BCUT2D eigenvalue weighted by Gasteiger charge is -2.35. The molecule has 0 aromatic heterocycles. The number of carbonyl (C=O) groups is 2. The van der Waals surface area contributed by atoms with Crippen molar-refractivity contribution < 1.29 is 9.59 Å². The number of aryl methyl sites for hydroxylation is 2. The molecule has 1 saturated heterocycles. The van der Waals surface area contributed by atoms with Gasteiger partial charge in [0.1, 0.15) is 0 Å². The zero-order chi connectivity index (χ0) is 19.6. The topological polar surface area (TPSA) is 63.4 Å². The largest absolute Gasteiger partial charge is 0.369 e. The molecular formula is C21H32N2O2S. The number of benzene rings is 1. The van der Waals surface area contributed by atoms with Crippen LogP contribution in [0.2, 0.25) is 0 Å². The minimum atomic E-state index is -0.294. The number of hydrogen-bond acceptors (Lipinski definition) is 3. The average molecular weight is 377 g/mol. The summed E-state index contributed by atoms with van der Waals surface area (Å²) in [4.78, 5) is 27.9. The Labute approximate surface area is 161 Å². The van der Waals surface area contributed by atoms with Gasteiger partial charge in [0.25, 0.3) is 0 Å². The molecule has 1 aromatic rings. The van der Waals surface area contributed by atoms with Crippen molar-refractivity contribution in [1.82, 2.24) is 4.90 Å². The van der Waals surface area contributed by atoms with Crippen LogP contribution in [0.25, 0.3) is 0 Å². The Bertz CT molecular complexity index is 673. The molecule has 0 bridgehead atoms. The second-order valence-corrected chi connectivity index (χ2v) is 9.05. The summed E-state index contributed by atoms with van der Waals surface area (Å²) in [6, 6.07) is 2.21. The zero-order valence-corrected chi connectivity index (χ0v) is 17.7. The molecule has 1 heterocycles. The molecule has 0 radical (unpaired) electrons. The predicted octanol–water partition coefficient (Wildman–Crippen LogP) is 3.76. The summed E-state index contributed by atoms with van der Waals surface area (Å²) < 4.78 is 0. The minimum Gasteiger partial charge on any atom is -0.369 e. The van der Waals surface area contributed by atoms with Gasteiger partial charge in [0, 0.05) is 18.0 Å². The van der Waals surface area contributed by atoms with E-state index in [1.807, 2.05) is 4.90 Å². The Morgan fingerprint density at radius 3 is 2.23 bits per heavy atom. The van der Waals surface area contributed by atoms with E-state index in [2.05, 4.69) is 47.6 Å². The lowest BCUT2D eigenvalue weighted by atomic mass is 9.96. The standard InChI is InChI=1S/C21H32N2O2S/c1-12(2)18(21(25)23-9-7-8-17(11-23)20(22)24)26-19-15(5)13(3)10-14(4)16(19)6/h10,12,17-18H,7-9,11H2,1-6H3,(H2,22,24)/t17-,18+/m1/s1. The molecule has 1 aliphatic heterocycles. The van der Waals surface area contributed by atoms with Gasteiger partial charge in [0.2, 0.25) is 11.8 Å². The van der Waals surface area contributed by atoms with E-state index in [9.17, 15) is 9.59 Å². The van der Waals surface area contributed by atoms with Crippen LogP contribution in [0.15, 0.2) is 11.0 Å². The van der Waals surface area contributed by atoms with Crippen LogP contribution in [0.5, 0.6) is 0 Å². The van der Waals surface area contributed by atoms with Crippen molar-refractivity contribution >= 4 is 23.6 Å². The number of nitrogens with zero attached hydrogens (tertiary/aromatic N) is 1. The molecule has 0 aliphatic carbocycles. The summed E-state index contributed by atoms with van der Waals surface area (Å²) in [5.74, 6) is -0.164. The fraction of sp³-hybridized carbons (Fsp3) is 0.619. The second-order valence-electron chi connectivity index (χ2n) is 7.90. The van der Waals surface area contributed by atoms with E-state index in [0.717, 1.165) is 19.4 Å². The number of carbonyl (C=O) groups excluding carboxylic acids is 2. The van der Waals surface area contributed by atoms with Crippen molar-refractivity contribution in [3.8, 4) is 0 Å². The van der Waals surface area contributed by atoms with Crippen molar-refractivity contribution in [2.75, 3.05) is 13.1 Å². The number of hydrogen-bond donors (Lipinski definition) is 1. The van der Waals surface area contributed by atoms with Crippen LogP contribution in [0, 0.1) is 39.5 Å². The fourth-order valence-electron chi connectivity index (χ4n) is 3.55. The van der Waals surface area contributed by atoms with Gasteiger partial charge >= 0.3 is 0 Å². The second kappa shape index (κ2) is 8.47. The molecule has 4 nitrogen and oxygen atoms in total. The lowest BCUT2D eigenvalue weighted by molar-refractivity contribution is -0.135. The van der Waals surface area contributed by atoms with Crippen molar-refractivity contribution in [3.63, 3.8) is 0 Å². The fourth-order valence-corrected chi connectivity index (χ4v) is 5.00. The van der Waals surface area contributed by atoms with Gasteiger partial charge in [-0.3, -0.25) is 9.59 Å². The van der Waals surface area contributed by atoms with E-state index >= 15 is 0 Å². The Balaban J connectivity index is 2.27. The first kappa shape index (κ1) is 20.8. The summed E-state index contributed by atoms with van der Waals surface area (Å²) in [5, 5.41) is -0.153. The third-order valence-electron chi connectivity index (χ3n) is 5.53. The molecule has 1 fully saturated rings. The van der Waals surface area contributed by atoms with E-state index in [4.69, 9.17) is 5.73 Å². The number of amides is 2. The first-order valence-corrected chi connectivity index (χ1v) is 10.3. The van der Waals surface area contributed by atoms with Crippen LogP contribution in [-0.2, 0) is 9.59 Å². The number of nitrogens with two attached hydrogens (primary N) is 1. The summed E-state index contributed by atoms with van der Waals surface area (Å²) in [6.45, 7) is 13.9. The first-order chi connectivity index (χ1) is 12.1. The summed E-state index contributed by atoms with van der Waals surface area (Å²) in [5.41, 5.74) is 10.5. The molecule has 0 saturated carbocycles. The number of rotatable bonds is 5. The molecule has 2 N–H and O–H groups in total. The van der Waals surface area contributed by atoms with Gasteiger partial charge in [-0.2, -0.15) is 0 Å². The van der Waals surface area contributed by atoms with Crippen LogP contribution in [0.1, 0.15) is 48.9 Å². The van der Waals surface area contributed by atoms with Crippen molar-refractivity contribution in [2.24, 2.45) is 17.6 Å². The highest BCUT2D eigenvalue weighted by atomic mass is 32.2. The lowest BCUT2D eigenvalue weighted by Crippen LogP contribution is -2.48. The number of primary amides is 1. The zero-order valence-electron chi connectivity index (χ0n) is 16.9.